The van der Waals surface area contributed by atoms with Crippen molar-refractivity contribution in [2.45, 2.75) is 19.8 Å². The molecule has 0 aliphatic carbocycles. The van der Waals surface area contributed by atoms with Crippen LogP contribution in [-0.4, -0.2) is 78.9 Å². The summed E-state index contributed by atoms with van der Waals surface area (Å²) in [4.78, 5) is 21.0. The molecule has 1 saturated heterocycles. The molecule has 0 unspecified atom stereocenters. The van der Waals surface area contributed by atoms with Crippen molar-refractivity contribution in [1.29, 1.82) is 0 Å². The fourth-order valence-corrected chi connectivity index (χ4v) is 2.79. The maximum absolute atomic E-state index is 12.5. The van der Waals surface area contributed by atoms with Crippen LogP contribution < -0.4 is 10.2 Å². The van der Waals surface area contributed by atoms with Crippen molar-refractivity contribution in [2.24, 2.45) is 0 Å². The molecule has 9 heteroatoms. The molecule has 1 N–H and O–H groups in total. The van der Waals surface area contributed by atoms with Gasteiger partial charge in [0.05, 0.1) is 18.9 Å². The molecule has 0 aromatic carbocycles. The molecule has 0 bridgehead atoms. The lowest BCUT2D eigenvalue weighted by atomic mass is 10.1. The Morgan fingerprint density at radius 1 is 1.32 bits per heavy atom. The normalized spacial score (nSPS) is 15.5. The zero-order valence-electron chi connectivity index (χ0n) is 15.3. The molecule has 0 atom stereocenters. The van der Waals surface area contributed by atoms with Crippen LogP contribution in [-0.2, 0) is 4.74 Å². The van der Waals surface area contributed by atoms with Crippen molar-refractivity contribution in [2.75, 3.05) is 58.4 Å². The maximum atomic E-state index is 12.5. The molecule has 2 aromatic rings. The smallest absolute Gasteiger partial charge is 0.327 e. The van der Waals surface area contributed by atoms with Crippen molar-refractivity contribution in [1.82, 2.24) is 24.8 Å². The van der Waals surface area contributed by atoms with E-state index in [0.717, 1.165) is 25.3 Å². The Balaban J connectivity index is 1.85. The minimum absolute atomic E-state index is 0.0788. The molecule has 25 heavy (non-hydrogen) atoms. The average molecular weight is 350 g/mol. The predicted octanol–water partition coefficient (Wildman–Crippen LogP) is 0.574. The molecule has 3 heterocycles. The summed E-state index contributed by atoms with van der Waals surface area (Å²) < 4.78 is 12.8. The SMILES string of the molecule is CC(C)c1c(C(=O)NCCN(C)C)oc2nc(N3CCOCC3)nn12. The predicted molar refractivity (Wildman–Crippen MR) is 93.3 cm³/mol. The van der Waals surface area contributed by atoms with Crippen molar-refractivity contribution < 1.29 is 13.9 Å². The van der Waals surface area contributed by atoms with Crippen LogP contribution in [0.4, 0.5) is 5.95 Å². The minimum atomic E-state index is -0.231. The number of carbonyl (C=O) groups is 1. The molecule has 1 fully saturated rings. The van der Waals surface area contributed by atoms with E-state index in [0.29, 0.717) is 31.6 Å². The van der Waals surface area contributed by atoms with Crippen LogP contribution in [0.15, 0.2) is 4.42 Å². The van der Waals surface area contributed by atoms with Gasteiger partial charge in [-0.3, -0.25) is 4.79 Å². The number of oxazole rings is 1. The molecule has 2 aromatic heterocycles. The summed E-state index contributed by atoms with van der Waals surface area (Å²) in [6, 6.07) is 0. The number of nitrogens with zero attached hydrogens (tertiary/aromatic N) is 5. The van der Waals surface area contributed by atoms with Crippen LogP contribution in [0.1, 0.15) is 36.0 Å². The van der Waals surface area contributed by atoms with E-state index in [1.807, 2.05) is 32.8 Å². The zero-order valence-corrected chi connectivity index (χ0v) is 15.3. The minimum Gasteiger partial charge on any atom is -0.416 e. The van der Waals surface area contributed by atoms with Gasteiger partial charge < -0.3 is 24.3 Å². The number of carbonyl (C=O) groups excluding carboxylic acids is 1. The summed E-state index contributed by atoms with van der Waals surface area (Å²) in [5, 5.41) is 7.45. The Hall–Kier alpha value is -2.13. The molecule has 1 aliphatic rings. The van der Waals surface area contributed by atoms with E-state index in [1.165, 1.54) is 0 Å². The van der Waals surface area contributed by atoms with Crippen LogP contribution in [0.2, 0.25) is 0 Å². The molecule has 0 spiro atoms. The van der Waals surface area contributed by atoms with Gasteiger partial charge in [-0.15, -0.1) is 5.10 Å². The monoisotopic (exact) mass is 350 g/mol. The second-order valence-electron chi connectivity index (χ2n) is 6.74. The Morgan fingerprint density at radius 3 is 2.68 bits per heavy atom. The number of hydrogen-bond acceptors (Lipinski definition) is 7. The lowest BCUT2D eigenvalue weighted by molar-refractivity contribution is 0.0923. The number of ether oxygens (including phenoxy) is 1. The average Bonchev–Trinajstić information content (AvgIpc) is 3.12. The quantitative estimate of drug-likeness (QED) is 0.815. The second kappa shape index (κ2) is 7.40. The Bertz CT molecular complexity index is 730. The highest BCUT2D eigenvalue weighted by molar-refractivity contribution is 5.93. The number of hydrogen-bond donors (Lipinski definition) is 1. The summed E-state index contributed by atoms with van der Waals surface area (Å²) >= 11 is 0. The highest BCUT2D eigenvalue weighted by Crippen LogP contribution is 2.25. The summed E-state index contributed by atoms with van der Waals surface area (Å²) in [5.41, 5.74) is 0.740. The fourth-order valence-electron chi connectivity index (χ4n) is 2.79. The number of amides is 1. The second-order valence-corrected chi connectivity index (χ2v) is 6.74. The third-order valence-corrected chi connectivity index (χ3v) is 4.11. The molecule has 0 saturated carbocycles. The van der Waals surface area contributed by atoms with E-state index in [4.69, 9.17) is 9.15 Å². The number of aromatic nitrogens is 3. The van der Waals surface area contributed by atoms with Crippen LogP contribution in [0.3, 0.4) is 0 Å². The standard InChI is InChI=1S/C16H26N6O3/c1-11(2)12-13(14(23)17-5-6-20(3)4)25-16-18-15(19-22(12)16)21-7-9-24-10-8-21/h11H,5-10H2,1-4H3,(H,17,23). The number of anilines is 1. The van der Waals surface area contributed by atoms with Gasteiger partial charge in [-0.1, -0.05) is 13.8 Å². The van der Waals surface area contributed by atoms with Gasteiger partial charge in [0, 0.05) is 26.2 Å². The van der Waals surface area contributed by atoms with Crippen molar-refractivity contribution in [3.05, 3.63) is 11.5 Å². The molecule has 9 nitrogen and oxygen atoms in total. The van der Waals surface area contributed by atoms with Gasteiger partial charge in [0.2, 0.25) is 11.7 Å². The first kappa shape index (κ1) is 17.7. The first-order valence-corrected chi connectivity index (χ1v) is 8.62. The van der Waals surface area contributed by atoms with Crippen molar-refractivity contribution in [3.8, 4) is 0 Å². The Kier molecular flexibility index (Phi) is 5.24. The van der Waals surface area contributed by atoms with Gasteiger partial charge in [-0.2, -0.15) is 9.50 Å². The Labute approximate surface area is 146 Å². The molecule has 0 radical (unpaired) electrons. The molecule has 1 aliphatic heterocycles. The van der Waals surface area contributed by atoms with Gasteiger partial charge in [0.25, 0.3) is 5.91 Å². The van der Waals surface area contributed by atoms with Crippen molar-refractivity contribution >= 4 is 17.7 Å². The van der Waals surface area contributed by atoms with Crippen LogP contribution >= 0.6 is 0 Å². The molecular formula is C16H26N6O3. The van der Waals surface area contributed by atoms with Gasteiger partial charge in [-0.25, -0.2) is 0 Å². The summed E-state index contributed by atoms with van der Waals surface area (Å²) in [6.07, 6.45) is 0. The zero-order chi connectivity index (χ0) is 18.0. The van der Waals surface area contributed by atoms with Gasteiger partial charge in [-0.05, 0) is 20.0 Å². The van der Waals surface area contributed by atoms with E-state index in [2.05, 4.69) is 20.3 Å². The van der Waals surface area contributed by atoms with Crippen LogP contribution in [0.25, 0.3) is 5.84 Å². The number of morpholine rings is 1. The highest BCUT2D eigenvalue weighted by atomic mass is 16.5. The van der Waals surface area contributed by atoms with E-state index < -0.39 is 0 Å². The summed E-state index contributed by atoms with van der Waals surface area (Å²) in [5.74, 6) is 1.10. The first-order valence-electron chi connectivity index (χ1n) is 8.62. The lowest BCUT2D eigenvalue weighted by Crippen LogP contribution is -2.37. The lowest BCUT2D eigenvalue weighted by Gasteiger charge is -2.25. The summed E-state index contributed by atoms with van der Waals surface area (Å²) in [7, 11) is 3.92. The number of nitrogens with one attached hydrogen (secondary N) is 1. The summed E-state index contributed by atoms with van der Waals surface area (Å²) in [6.45, 7) is 8.17. The third-order valence-electron chi connectivity index (χ3n) is 4.11. The van der Waals surface area contributed by atoms with E-state index in [-0.39, 0.29) is 17.6 Å². The Morgan fingerprint density at radius 2 is 2.04 bits per heavy atom. The molecule has 1 amide bonds. The topological polar surface area (TPSA) is 88.1 Å². The van der Waals surface area contributed by atoms with E-state index >= 15 is 0 Å². The molecule has 3 rings (SSSR count). The van der Waals surface area contributed by atoms with E-state index in [1.54, 1.807) is 4.52 Å². The number of fused-ring (bicyclic) bond motifs is 1. The third kappa shape index (κ3) is 3.77. The number of rotatable bonds is 6. The number of likely N-dealkylation sites (N-methyl/N-ethyl adjacent to an activating group) is 1. The highest BCUT2D eigenvalue weighted by Gasteiger charge is 2.27. The van der Waals surface area contributed by atoms with Crippen LogP contribution in [0, 0.1) is 0 Å². The van der Waals surface area contributed by atoms with Gasteiger partial charge in [0.1, 0.15) is 0 Å². The maximum Gasteiger partial charge on any atom is 0.327 e. The largest absolute Gasteiger partial charge is 0.416 e. The van der Waals surface area contributed by atoms with E-state index in [9.17, 15) is 4.79 Å². The van der Waals surface area contributed by atoms with Gasteiger partial charge in [0.15, 0.2) is 0 Å². The van der Waals surface area contributed by atoms with Crippen molar-refractivity contribution in [3.63, 3.8) is 0 Å². The fraction of sp³-hybridized carbons (Fsp3) is 0.688. The molecular weight excluding hydrogens is 324 g/mol. The molecule has 138 valence electrons. The van der Waals surface area contributed by atoms with Gasteiger partial charge >= 0.3 is 5.84 Å². The van der Waals surface area contributed by atoms with Crippen LogP contribution in [0.5, 0.6) is 0 Å². The first-order chi connectivity index (χ1) is 12.0.